The first kappa shape index (κ1) is 20.8. The summed E-state index contributed by atoms with van der Waals surface area (Å²) < 4.78 is 10.8. The minimum absolute atomic E-state index is 0.0903. The molecular formula is C21H18ClN3O3. The van der Waals surface area contributed by atoms with Gasteiger partial charge in [-0.1, -0.05) is 29.8 Å². The van der Waals surface area contributed by atoms with Crippen molar-refractivity contribution in [2.24, 2.45) is 0 Å². The van der Waals surface area contributed by atoms with Gasteiger partial charge in [0.2, 0.25) is 0 Å². The number of hydrogen-bond donors (Lipinski definition) is 1. The van der Waals surface area contributed by atoms with Gasteiger partial charge < -0.3 is 14.8 Å². The molecule has 0 fully saturated rings. The Labute approximate surface area is 168 Å². The van der Waals surface area contributed by atoms with E-state index in [0.29, 0.717) is 23.6 Å². The lowest BCUT2D eigenvalue weighted by molar-refractivity contribution is -0.112. The maximum Gasteiger partial charge on any atom is 0.266 e. The number of nitrogens with one attached hydrogen (secondary N) is 1. The number of hydrogen-bond acceptors (Lipinski definition) is 5. The summed E-state index contributed by atoms with van der Waals surface area (Å²) in [7, 11) is 0. The van der Waals surface area contributed by atoms with Gasteiger partial charge in [-0.25, -0.2) is 0 Å². The van der Waals surface area contributed by atoms with Gasteiger partial charge >= 0.3 is 0 Å². The van der Waals surface area contributed by atoms with Crippen LogP contribution in [0.5, 0.6) is 11.5 Å². The largest absolute Gasteiger partial charge is 0.490 e. The first-order chi connectivity index (χ1) is 13.5. The molecule has 0 saturated carbocycles. The lowest BCUT2D eigenvalue weighted by atomic mass is 10.1. The van der Waals surface area contributed by atoms with Gasteiger partial charge in [0.1, 0.15) is 17.7 Å². The summed E-state index contributed by atoms with van der Waals surface area (Å²) in [6, 6.07) is 14.2. The number of benzene rings is 2. The SMILES string of the molecule is CCOc1cc(/C=C(\C#N)C(=O)Nc2ccccc2C)cc(Cl)c1OCC#N. The van der Waals surface area contributed by atoms with E-state index in [9.17, 15) is 10.1 Å². The molecule has 2 rings (SSSR count). The van der Waals surface area contributed by atoms with E-state index in [0.717, 1.165) is 5.56 Å². The van der Waals surface area contributed by atoms with Gasteiger partial charge in [-0.15, -0.1) is 0 Å². The molecule has 0 aliphatic heterocycles. The van der Waals surface area contributed by atoms with Crippen LogP contribution in [0, 0.1) is 29.6 Å². The number of carbonyl (C=O) groups is 1. The van der Waals surface area contributed by atoms with Crippen molar-refractivity contribution in [1.82, 2.24) is 0 Å². The highest BCUT2D eigenvalue weighted by Gasteiger charge is 2.15. The summed E-state index contributed by atoms with van der Waals surface area (Å²) in [5.74, 6) is 0.0360. The van der Waals surface area contributed by atoms with E-state index in [1.165, 1.54) is 12.1 Å². The number of amides is 1. The zero-order valence-corrected chi connectivity index (χ0v) is 16.2. The third-order valence-electron chi connectivity index (χ3n) is 3.68. The Morgan fingerprint density at radius 3 is 2.64 bits per heavy atom. The van der Waals surface area contributed by atoms with E-state index < -0.39 is 5.91 Å². The quantitative estimate of drug-likeness (QED) is 0.550. The van der Waals surface area contributed by atoms with Gasteiger partial charge in [0.05, 0.1) is 11.6 Å². The van der Waals surface area contributed by atoms with Crippen LogP contribution in [0.1, 0.15) is 18.1 Å². The fraction of sp³-hybridized carbons (Fsp3) is 0.190. The van der Waals surface area contributed by atoms with Gasteiger partial charge in [-0.2, -0.15) is 10.5 Å². The molecule has 0 saturated heterocycles. The van der Waals surface area contributed by atoms with Crippen LogP contribution in [0.15, 0.2) is 42.0 Å². The van der Waals surface area contributed by atoms with Crippen LogP contribution >= 0.6 is 11.6 Å². The Kier molecular flexibility index (Phi) is 7.45. The van der Waals surface area contributed by atoms with E-state index >= 15 is 0 Å². The number of nitrogens with zero attached hydrogens (tertiary/aromatic N) is 2. The lowest BCUT2D eigenvalue weighted by Crippen LogP contribution is -2.14. The Balaban J connectivity index is 2.35. The monoisotopic (exact) mass is 395 g/mol. The van der Waals surface area contributed by atoms with Crippen molar-refractivity contribution in [3.05, 3.63) is 58.1 Å². The number of rotatable bonds is 7. The topological polar surface area (TPSA) is 95.1 Å². The van der Waals surface area contributed by atoms with Crippen molar-refractivity contribution < 1.29 is 14.3 Å². The average molecular weight is 396 g/mol. The maximum absolute atomic E-state index is 12.5. The highest BCUT2D eigenvalue weighted by molar-refractivity contribution is 6.32. The standard InChI is InChI=1S/C21H18ClN3O3/c1-3-27-19-12-15(11-17(22)20(19)28-9-8-23)10-16(13-24)21(26)25-18-7-5-4-6-14(18)2/h4-7,10-12H,3,9H2,1-2H3,(H,25,26)/b16-10+. The summed E-state index contributed by atoms with van der Waals surface area (Å²) in [6.45, 7) is 3.82. The van der Waals surface area contributed by atoms with Crippen LogP contribution in [-0.2, 0) is 4.79 Å². The number of para-hydroxylation sites is 1. The molecule has 1 amide bonds. The zero-order valence-electron chi connectivity index (χ0n) is 15.5. The smallest absolute Gasteiger partial charge is 0.266 e. The van der Waals surface area contributed by atoms with Crippen LogP contribution < -0.4 is 14.8 Å². The van der Waals surface area contributed by atoms with Crippen molar-refractivity contribution in [2.75, 3.05) is 18.5 Å². The molecule has 0 aliphatic rings. The van der Waals surface area contributed by atoms with Crippen LogP contribution in [0.3, 0.4) is 0 Å². The summed E-state index contributed by atoms with van der Waals surface area (Å²) >= 11 is 6.24. The van der Waals surface area contributed by atoms with E-state index in [1.807, 2.05) is 31.2 Å². The fourth-order valence-corrected chi connectivity index (χ4v) is 2.67. The van der Waals surface area contributed by atoms with Gasteiger partial charge in [-0.05, 0) is 49.2 Å². The Hall–Kier alpha value is -3.48. The minimum Gasteiger partial charge on any atom is -0.490 e. The Bertz CT molecular complexity index is 987. The molecule has 0 heterocycles. The molecule has 28 heavy (non-hydrogen) atoms. The second kappa shape index (κ2) is 10.0. The van der Waals surface area contributed by atoms with E-state index in [-0.39, 0.29) is 23.0 Å². The second-order valence-corrected chi connectivity index (χ2v) is 6.06. The van der Waals surface area contributed by atoms with Gasteiger partial charge in [0, 0.05) is 5.69 Å². The zero-order chi connectivity index (χ0) is 20.5. The third kappa shape index (κ3) is 5.26. The van der Waals surface area contributed by atoms with Crippen molar-refractivity contribution >= 4 is 29.3 Å². The number of carbonyl (C=O) groups excluding carboxylic acids is 1. The number of anilines is 1. The predicted molar refractivity (Wildman–Crippen MR) is 107 cm³/mol. The minimum atomic E-state index is -0.532. The van der Waals surface area contributed by atoms with Gasteiger partial charge in [0.15, 0.2) is 18.1 Å². The maximum atomic E-state index is 12.5. The molecule has 2 aromatic carbocycles. The molecule has 0 radical (unpaired) electrons. The van der Waals surface area contributed by atoms with Crippen LogP contribution in [-0.4, -0.2) is 19.1 Å². The summed E-state index contributed by atoms with van der Waals surface area (Å²) in [5, 5.41) is 21.0. The first-order valence-electron chi connectivity index (χ1n) is 8.45. The predicted octanol–water partition coefficient (Wildman–Crippen LogP) is 4.50. The molecule has 0 aromatic heterocycles. The normalized spacial score (nSPS) is 10.5. The molecule has 142 valence electrons. The average Bonchev–Trinajstić information content (AvgIpc) is 2.67. The molecule has 0 bridgehead atoms. The number of ether oxygens (including phenoxy) is 2. The van der Waals surface area contributed by atoms with Gasteiger partial charge in [0.25, 0.3) is 5.91 Å². The van der Waals surface area contributed by atoms with Crippen molar-refractivity contribution in [1.29, 1.82) is 10.5 Å². The third-order valence-corrected chi connectivity index (χ3v) is 3.96. The molecule has 0 atom stereocenters. The van der Waals surface area contributed by atoms with Crippen molar-refractivity contribution in [2.45, 2.75) is 13.8 Å². The number of aryl methyl sites for hydroxylation is 1. The molecule has 1 N–H and O–H groups in total. The Morgan fingerprint density at radius 1 is 1.25 bits per heavy atom. The van der Waals surface area contributed by atoms with E-state index in [4.69, 9.17) is 26.3 Å². The molecule has 0 unspecified atom stereocenters. The van der Waals surface area contributed by atoms with Crippen molar-refractivity contribution in [3.63, 3.8) is 0 Å². The van der Waals surface area contributed by atoms with Crippen LogP contribution in [0.4, 0.5) is 5.69 Å². The molecule has 6 nitrogen and oxygen atoms in total. The fourth-order valence-electron chi connectivity index (χ4n) is 2.40. The number of halogens is 1. The molecule has 0 aliphatic carbocycles. The molecular weight excluding hydrogens is 378 g/mol. The Morgan fingerprint density at radius 2 is 2.00 bits per heavy atom. The van der Waals surface area contributed by atoms with Gasteiger partial charge in [-0.3, -0.25) is 4.79 Å². The number of nitriles is 2. The second-order valence-electron chi connectivity index (χ2n) is 5.65. The van der Waals surface area contributed by atoms with Crippen molar-refractivity contribution in [3.8, 4) is 23.6 Å². The lowest BCUT2D eigenvalue weighted by Gasteiger charge is -2.13. The highest BCUT2D eigenvalue weighted by Crippen LogP contribution is 2.37. The summed E-state index contributed by atoms with van der Waals surface area (Å²) in [5.41, 5.74) is 1.91. The van der Waals surface area contributed by atoms with E-state index in [2.05, 4.69) is 5.32 Å². The van der Waals surface area contributed by atoms with E-state index in [1.54, 1.807) is 25.1 Å². The summed E-state index contributed by atoms with van der Waals surface area (Å²) in [4.78, 5) is 12.5. The van der Waals surface area contributed by atoms with Crippen LogP contribution in [0.2, 0.25) is 5.02 Å². The van der Waals surface area contributed by atoms with Crippen LogP contribution in [0.25, 0.3) is 6.08 Å². The molecule has 0 spiro atoms. The highest BCUT2D eigenvalue weighted by atomic mass is 35.5. The molecule has 7 heteroatoms. The molecule has 2 aromatic rings. The first-order valence-corrected chi connectivity index (χ1v) is 8.82. The summed E-state index contributed by atoms with van der Waals surface area (Å²) in [6.07, 6.45) is 1.41.